The maximum Gasteiger partial charge on any atom is 0.253 e. The molecule has 7 nitrogen and oxygen atoms in total. The second-order valence-corrected chi connectivity index (χ2v) is 7.52. The molecule has 0 atom stereocenters. The van der Waals surface area contributed by atoms with Crippen LogP contribution < -0.4 is 4.72 Å². The monoisotopic (exact) mass is 340 g/mol. The van der Waals surface area contributed by atoms with E-state index < -0.39 is 15.8 Å². The third-order valence-electron chi connectivity index (χ3n) is 4.29. The summed E-state index contributed by atoms with van der Waals surface area (Å²) in [6, 6.07) is 6.07. The number of hydrogen-bond acceptors (Lipinski definition) is 5. The van der Waals surface area contributed by atoms with Gasteiger partial charge in [0.05, 0.1) is 18.1 Å². The van der Waals surface area contributed by atoms with Gasteiger partial charge in [-0.3, -0.25) is 4.79 Å². The maximum absolute atomic E-state index is 12.6. The van der Waals surface area contributed by atoms with Crippen LogP contribution >= 0.6 is 0 Å². The van der Waals surface area contributed by atoms with Crippen LogP contribution in [-0.4, -0.2) is 58.4 Å². The van der Waals surface area contributed by atoms with Crippen LogP contribution in [0.15, 0.2) is 29.2 Å². The Balaban J connectivity index is 1.73. The zero-order valence-corrected chi connectivity index (χ0v) is 13.8. The Morgan fingerprint density at radius 2 is 1.87 bits per heavy atom. The number of nitrogens with one attached hydrogen (secondary N) is 1. The van der Waals surface area contributed by atoms with E-state index in [9.17, 15) is 13.2 Å². The van der Waals surface area contributed by atoms with Crippen molar-refractivity contribution in [2.45, 2.75) is 23.5 Å². The van der Waals surface area contributed by atoms with E-state index in [1.165, 1.54) is 19.2 Å². The van der Waals surface area contributed by atoms with E-state index in [1.54, 1.807) is 17.0 Å². The zero-order valence-electron chi connectivity index (χ0n) is 12.9. The molecule has 0 saturated carbocycles. The fourth-order valence-corrected chi connectivity index (χ4v) is 3.71. The third kappa shape index (κ3) is 3.25. The molecule has 126 valence electrons. The lowest BCUT2D eigenvalue weighted by Crippen LogP contribution is -2.47. The van der Waals surface area contributed by atoms with Crippen LogP contribution in [0.25, 0.3) is 0 Å². The third-order valence-corrected chi connectivity index (χ3v) is 5.70. The molecule has 2 saturated heterocycles. The lowest BCUT2D eigenvalue weighted by molar-refractivity contribution is -0.181. The number of piperidine rings is 1. The lowest BCUT2D eigenvalue weighted by atomic mass is 10.0. The Morgan fingerprint density at radius 1 is 1.22 bits per heavy atom. The molecule has 2 aliphatic heterocycles. The molecule has 23 heavy (non-hydrogen) atoms. The minimum absolute atomic E-state index is 0.0850. The molecule has 0 aromatic heterocycles. The minimum atomic E-state index is -3.56. The van der Waals surface area contributed by atoms with Gasteiger partial charge >= 0.3 is 0 Å². The highest BCUT2D eigenvalue weighted by Crippen LogP contribution is 2.31. The van der Waals surface area contributed by atoms with Crippen molar-refractivity contribution in [3.05, 3.63) is 29.8 Å². The van der Waals surface area contributed by atoms with Crippen molar-refractivity contribution in [1.82, 2.24) is 9.62 Å². The number of amides is 1. The first kappa shape index (κ1) is 16.4. The topological polar surface area (TPSA) is 84.9 Å². The van der Waals surface area contributed by atoms with Gasteiger partial charge in [0.1, 0.15) is 0 Å². The van der Waals surface area contributed by atoms with E-state index in [4.69, 9.17) is 9.47 Å². The van der Waals surface area contributed by atoms with Crippen molar-refractivity contribution in [2.75, 3.05) is 33.4 Å². The summed E-state index contributed by atoms with van der Waals surface area (Å²) in [4.78, 5) is 14.4. The van der Waals surface area contributed by atoms with E-state index in [0.29, 0.717) is 44.7 Å². The quantitative estimate of drug-likeness (QED) is 0.870. The lowest BCUT2D eigenvalue weighted by Gasteiger charge is -2.37. The average Bonchev–Trinajstić information content (AvgIpc) is 3.03. The standard InChI is InChI=1S/C15H20N2O5S/c1-16-23(19,20)13-4-2-3-12(11-13)14(18)17-7-5-15(6-8-17)21-9-10-22-15/h2-4,11,16H,5-10H2,1H3. The van der Waals surface area contributed by atoms with Gasteiger partial charge in [0, 0.05) is 31.5 Å². The number of carbonyl (C=O) groups is 1. The number of likely N-dealkylation sites (tertiary alicyclic amines) is 1. The second kappa shape index (κ2) is 6.20. The van der Waals surface area contributed by atoms with Crippen molar-refractivity contribution in [1.29, 1.82) is 0 Å². The van der Waals surface area contributed by atoms with E-state index >= 15 is 0 Å². The molecule has 2 heterocycles. The molecule has 2 fully saturated rings. The van der Waals surface area contributed by atoms with Crippen LogP contribution in [0, 0.1) is 0 Å². The predicted molar refractivity (Wildman–Crippen MR) is 82.5 cm³/mol. The largest absolute Gasteiger partial charge is 0.347 e. The highest BCUT2D eigenvalue weighted by molar-refractivity contribution is 7.89. The summed E-state index contributed by atoms with van der Waals surface area (Å²) in [5.41, 5.74) is 0.366. The normalized spacial score (nSPS) is 20.8. The minimum Gasteiger partial charge on any atom is -0.347 e. The van der Waals surface area contributed by atoms with Gasteiger partial charge in [0.2, 0.25) is 10.0 Å². The van der Waals surface area contributed by atoms with Gasteiger partial charge in [0.15, 0.2) is 5.79 Å². The summed E-state index contributed by atoms with van der Waals surface area (Å²) < 4.78 is 37.2. The highest BCUT2D eigenvalue weighted by atomic mass is 32.2. The van der Waals surface area contributed by atoms with Crippen molar-refractivity contribution in [3.8, 4) is 0 Å². The van der Waals surface area contributed by atoms with Gasteiger partial charge in [-0.05, 0) is 25.2 Å². The van der Waals surface area contributed by atoms with Crippen LogP contribution in [0.4, 0.5) is 0 Å². The van der Waals surface area contributed by atoms with Gasteiger partial charge in [-0.2, -0.15) is 0 Å². The maximum atomic E-state index is 12.6. The fraction of sp³-hybridized carbons (Fsp3) is 0.533. The predicted octanol–water partition coefficient (Wildman–Crippen LogP) is 0.574. The van der Waals surface area contributed by atoms with E-state index in [0.717, 1.165) is 0 Å². The molecule has 8 heteroatoms. The first-order valence-electron chi connectivity index (χ1n) is 7.57. The van der Waals surface area contributed by atoms with Gasteiger partial charge in [-0.25, -0.2) is 13.1 Å². The van der Waals surface area contributed by atoms with E-state index in [-0.39, 0.29) is 10.8 Å². The van der Waals surface area contributed by atoms with Gasteiger partial charge in [-0.1, -0.05) is 6.07 Å². The highest BCUT2D eigenvalue weighted by Gasteiger charge is 2.40. The van der Waals surface area contributed by atoms with Crippen LogP contribution in [0.2, 0.25) is 0 Å². The molecule has 1 N–H and O–H groups in total. The van der Waals surface area contributed by atoms with E-state index in [2.05, 4.69) is 4.72 Å². The number of ether oxygens (including phenoxy) is 2. The summed E-state index contributed by atoms with van der Waals surface area (Å²) in [6.07, 6.45) is 1.26. The molecule has 1 amide bonds. The van der Waals surface area contributed by atoms with Gasteiger partial charge < -0.3 is 14.4 Å². The number of sulfonamides is 1. The molecule has 1 spiro atoms. The number of hydrogen-bond donors (Lipinski definition) is 1. The van der Waals surface area contributed by atoms with Crippen LogP contribution in [0.5, 0.6) is 0 Å². The first-order valence-corrected chi connectivity index (χ1v) is 9.05. The van der Waals surface area contributed by atoms with Crippen LogP contribution in [0.3, 0.4) is 0 Å². The number of nitrogens with zero attached hydrogens (tertiary/aromatic N) is 1. The zero-order chi connectivity index (χ0) is 16.5. The summed E-state index contributed by atoms with van der Waals surface area (Å²) in [7, 11) is -2.22. The molecule has 0 aliphatic carbocycles. The molecular weight excluding hydrogens is 320 g/mol. The molecule has 0 bridgehead atoms. The number of carbonyl (C=O) groups excluding carboxylic acids is 1. The summed E-state index contributed by atoms with van der Waals surface area (Å²) >= 11 is 0. The Morgan fingerprint density at radius 3 is 2.48 bits per heavy atom. The Bertz CT molecular complexity index is 688. The second-order valence-electron chi connectivity index (χ2n) is 5.64. The molecule has 0 radical (unpaired) electrons. The van der Waals surface area contributed by atoms with Crippen LogP contribution in [-0.2, 0) is 19.5 Å². The molecule has 2 aliphatic rings. The Labute approximate surface area is 135 Å². The van der Waals surface area contributed by atoms with Crippen molar-refractivity contribution >= 4 is 15.9 Å². The fourth-order valence-electron chi connectivity index (χ4n) is 2.93. The van der Waals surface area contributed by atoms with E-state index in [1.807, 2.05) is 0 Å². The molecule has 1 aromatic carbocycles. The van der Waals surface area contributed by atoms with Gasteiger partial charge in [0.25, 0.3) is 5.91 Å². The van der Waals surface area contributed by atoms with Gasteiger partial charge in [-0.15, -0.1) is 0 Å². The van der Waals surface area contributed by atoms with Crippen LogP contribution in [0.1, 0.15) is 23.2 Å². The molecule has 1 aromatic rings. The smallest absolute Gasteiger partial charge is 0.253 e. The molecule has 3 rings (SSSR count). The van der Waals surface area contributed by atoms with Crippen molar-refractivity contribution in [3.63, 3.8) is 0 Å². The SMILES string of the molecule is CNS(=O)(=O)c1cccc(C(=O)N2CCC3(CC2)OCCO3)c1. The average molecular weight is 340 g/mol. The summed E-state index contributed by atoms with van der Waals surface area (Å²) in [5.74, 6) is -0.709. The number of benzene rings is 1. The van der Waals surface area contributed by atoms with Crippen molar-refractivity contribution in [2.24, 2.45) is 0 Å². The first-order chi connectivity index (χ1) is 11.0. The summed E-state index contributed by atoms with van der Waals surface area (Å²) in [6.45, 7) is 2.25. The van der Waals surface area contributed by atoms with Crippen molar-refractivity contribution < 1.29 is 22.7 Å². The Kier molecular flexibility index (Phi) is 4.41. The molecule has 0 unspecified atom stereocenters. The Hall–Kier alpha value is -1.48. The number of rotatable bonds is 3. The summed E-state index contributed by atoms with van der Waals surface area (Å²) in [5, 5.41) is 0. The molecular formula is C15H20N2O5S.